The highest BCUT2D eigenvalue weighted by atomic mass is 16.2. The minimum absolute atomic E-state index is 0.0134. The Morgan fingerprint density at radius 1 is 1.03 bits per heavy atom. The maximum atomic E-state index is 12.4. The normalized spacial score (nSPS) is 15.3. The SMILES string of the molecule is CC1=CC(C)(C)N(C)c2ccc(/C=N/NC(=O)c3ccc4ccccc4c3)cc21. The van der Waals surface area contributed by atoms with E-state index in [1.54, 1.807) is 6.21 Å². The molecule has 0 aliphatic carbocycles. The number of amides is 1. The van der Waals surface area contributed by atoms with Crippen molar-refractivity contribution in [2.45, 2.75) is 26.3 Å². The van der Waals surface area contributed by atoms with E-state index in [-0.39, 0.29) is 11.4 Å². The Labute approximate surface area is 171 Å². The van der Waals surface area contributed by atoms with Crippen LogP contribution in [0.1, 0.15) is 42.3 Å². The number of allylic oxidation sites excluding steroid dienone is 1. The molecule has 0 atom stereocenters. The molecular weight excluding hydrogens is 358 g/mol. The summed E-state index contributed by atoms with van der Waals surface area (Å²) in [5.74, 6) is -0.220. The van der Waals surface area contributed by atoms with Gasteiger partial charge in [-0.3, -0.25) is 4.79 Å². The second-order valence-electron chi connectivity index (χ2n) is 8.08. The molecule has 1 aliphatic rings. The summed E-state index contributed by atoms with van der Waals surface area (Å²) in [4.78, 5) is 14.7. The summed E-state index contributed by atoms with van der Waals surface area (Å²) in [5, 5.41) is 6.31. The zero-order chi connectivity index (χ0) is 20.6. The Bertz CT molecular complexity index is 1160. The summed E-state index contributed by atoms with van der Waals surface area (Å²) in [7, 11) is 2.11. The third-order valence-electron chi connectivity index (χ3n) is 5.63. The molecule has 0 aromatic heterocycles. The molecule has 0 unspecified atom stereocenters. The van der Waals surface area contributed by atoms with Gasteiger partial charge < -0.3 is 4.90 Å². The minimum Gasteiger partial charge on any atom is -0.366 e. The molecule has 4 nitrogen and oxygen atoms in total. The fourth-order valence-electron chi connectivity index (χ4n) is 3.82. The highest BCUT2D eigenvalue weighted by Crippen LogP contribution is 2.37. The summed E-state index contributed by atoms with van der Waals surface area (Å²) >= 11 is 0. The largest absolute Gasteiger partial charge is 0.366 e. The molecule has 1 heterocycles. The van der Waals surface area contributed by atoms with Crippen LogP contribution in [-0.2, 0) is 0 Å². The molecule has 146 valence electrons. The Hall–Kier alpha value is -3.40. The van der Waals surface area contributed by atoms with Crippen LogP contribution in [0, 0.1) is 0 Å². The summed E-state index contributed by atoms with van der Waals surface area (Å²) < 4.78 is 0. The van der Waals surface area contributed by atoms with Gasteiger partial charge in [0.05, 0.1) is 11.8 Å². The van der Waals surface area contributed by atoms with Crippen molar-refractivity contribution in [3.05, 3.63) is 83.4 Å². The van der Waals surface area contributed by atoms with Gasteiger partial charge in [-0.25, -0.2) is 5.43 Å². The van der Waals surface area contributed by atoms with Gasteiger partial charge in [-0.05, 0) is 66.9 Å². The van der Waals surface area contributed by atoms with E-state index in [0.29, 0.717) is 5.56 Å². The number of benzene rings is 3. The number of hydrogen-bond donors (Lipinski definition) is 1. The lowest BCUT2D eigenvalue weighted by Crippen LogP contribution is -2.42. The number of hydrazone groups is 1. The number of hydrogen-bond acceptors (Lipinski definition) is 3. The fraction of sp³-hybridized carbons (Fsp3) is 0.200. The summed E-state index contributed by atoms with van der Waals surface area (Å²) in [6.45, 7) is 6.55. The molecule has 29 heavy (non-hydrogen) atoms. The lowest BCUT2D eigenvalue weighted by atomic mass is 9.89. The summed E-state index contributed by atoms with van der Waals surface area (Å²) in [5.41, 5.74) is 7.80. The van der Waals surface area contributed by atoms with Gasteiger partial charge in [-0.2, -0.15) is 5.10 Å². The topological polar surface area (TPSA) is 44.7 Å². The predicted octanol–water partition coefficient (Wildman–Crippen LogP) is 5.24. The quantitative estimate of drug-likeness (QED) is 0.497. The van der Waals surface area contributed by atoms with Crippen molar-refractivity contribution >= 4 is 34.2 Å². The predicted molar refractivity (Wildman–Crippen MR) is 122 cm³/mol. The highest BCUT2D eigenvalue weighted by molar-refractivity contribution is 5.99. The molecular formula is C25H25N3O. The Kier molecular flexibility index (Phi) is 4.71. The van der Waals surface area contributed by atoms with Gasteiger partial charge in [-0.1, -0.05) is 42.5 Å². The van der Waals surface area contributed by atoms with Crippen LogP contribution in [0.5, 0.6) is 0 Å². The zero-order valence-electron chi connectivity index (χ0n) is 17.2. The number of carbonyl (C=O) groups is 1. The van der Waals surface area contributed by atoms with Crippen molar-refractivity contribution in [2.24, 2.45) is 5.10 Å². The number of nitrogens with one attached hydrogen (secondary N) is 1. The van der Waals surface area contributed by atoms with Gasteiger partial charge in [0.2, 0.25) is 0 Å². The summed E-state index contributed by atoms with van der Waals surface area (Å²) in [6, 6.07) is 19.9. The molecule has 0 saturated heterocycles. The van der Waals surface area contributed by atoms with Crippen LogP contribution in [0.15, 0.2) is 71.8 Å². The lowest BCUT2D eigenvalue weighted by Gasteiger charge is -2.40. The fourth-order valence-corrected chi connectivity index (χ4v) is 3.82. The molecule has 0 fully saturated rings. The van der Waals surface area contributed by atoms with E-state index < -0.39 is 0 Å². The number of likely N-dealkylation sites (N-methyl/N-ethyl adjacent to an activating group) is 1. The first-order valence-corrected chi connectivity index (χ1v) is 9.75. The van der Waals surface area contributed by atoms with Crippen LogP contribution in [0.2, 0.25) is 0 Å². The molecule has 0 radical (unpaired) electrons. The minimum atomic E-state index is -0.220. The average molecular weight is 383 g/mol. The molecule has 4 heteroatoms. The van der Waals surface area contributed by atoms with Crippen LogP contribution in [-0.4, -0.2) is 24.7 Å². The zero-order valence-corrected chi connectivity index (χ0v) is 17.2. The smallest absolute Gasteiger partial charge is 0.271 e. The second kappa shape index (κ2) is 7.21. The first-order chi connectivity index (χ1) is 13.8. The second-order valence-corrected chi connectivity index (χ2v) is 8.08. The van der Waals surface area contributed by atoms with Crippen molar-refractivity contribution in [3.63, 3.8) is 0 Å². The Morgan fingerprint density at radius 3 is 2.59 bits per heavy atom. The van der Waals surface area contributed by atoms with E-state index in [9.17, 15) is 4.79 Å². The van der Waals surface area contributed by atoms with Crippen molar-refractivity contribution in [1.29, 1.82) is 0 Å². The van der Waals surface area contributed by atoms with Gasteiger partial charge in [0, 0.05) is 23.9 Å². The standard InChI is InChI=1S/C25H25N3O/c1-17-15-25(2,3)28(4)23-12-9-18(13-22(17)23)16-26-27-24(29)21-11-10-19-7-5-6-8-20(19)14-21/h5-16H,1-4H3,(H,27,29)/b26-16+. The Morgan fingerprint density at radius 2 is 1.79 bits per heavy atom. The third-order valence-corrected chi connectivity index (χ3v) is 5.63. The number of rotatable bonds is 3. The average Bonchev–Trinajstić information content (AvgIpc) is 2.71. The molecule has 4 rings (SSSR count). The van der Waals surface area contributed by atoms with Crippen LogP contribution < -0.4 is 10.3 Å². The first-order valence-electron chi connectivity index (χ1n) is 9.75. The number of anilines is 1. The molecule has 3 aromatic carbocycles. The lowest BCUT2D eigenvalue weighted by molar-refractivity contribution is 0.0955. The van der Waals surface area contributed by atoms with Crippen molar-refractivity contribution < 1.29 is 4.79 Å². The number of carbonyl (C=O) groups excluding carboxylic acids is 1. The van der Waals surface area contributed by atoms with Crippen LogP contribution in [0.3, 0.4) is 0 Å². The Balaban J connectivity index is 1.51. The van der Waals surface area contributed by atoms with Gasteiger partial charge >= 0.3 is 0 Å². The van der Waals surface area contributed by atoms with Gasteiger partial charge in [0.15, 0.2) is 0 Å². The van der Waals surface area contributed by atoms with Crippen LogP contribution in [0.4, 0.5) is 5.69 Å². The van der Waals surface area contributed by atoms with E-state index in [4.69, 9.17) is 0 Å². The van der Waals surface area contributed by atoms with Crippen molar-refractivity contribution in [3.8, 4) is 0 Å². The van der Waals surface area contributed by atoms with Crippen molar-refractivity contribution in [1.82, 2.24) is 5.43 Å². The first kappa shape index (κ1) is 18.9. The molecule has 0 saturated carbocycles. The molecule has 1 aliphatic heterocycles. The molecule has 0 spiro atoms. The maximum Gasteiger partial charge on any atom is 0.271 e. The molecule has 1 amide bonds. The van der Waals surface area contributed by atoms with Gasteiger partial charge in [0.1, 0.15) is 0 Å². The third kappa shape index (κ3) is 3.66. The van der Waals surface area contributed by atoms with E-state index in [2.05, 4.69) is 61.5 Å². The van der Waals surface area contributed by atoms with Gasteiger partial charge in [0.25, 0.3) is 5.91 Å². The van der Waals surface area contributed by atoms with Crippen LogP contribution in [0.25, 0.3) is 16.3 Å². The molecule has 3 aromatic rings. The molecule has 1 N–H and O–H groups in total. The van der Waals surface area contributed by atoms with Crippen molar-refractivity contribution in [2.75, 3.05) is 11.9 Å². The molecule has 0 bridgehead atoms. The number of nitrogens with zero attached hydrogens (tertiary/aromatic N) is 2. The van der Waals surface area contributed by atoms with Crippen LogP contribution >= 0.6 is 0 Å². The van der Waals surface area contributed by atoms with Gasteiger partial charge in [-0.15, -0.1) is 0 Å². The van der Waals surface area contributed by atoms with E-state index in [1.807, 2.05) is 48.5 Å². The van der Waals surface area contributed by atoms with E-state index in [0.717, 1.165) is 16.3 Å². The van der Waals surface area contributed by atoms with E-state index in [1.165, 1.54) is 16.8 Å². The maximum absolute atomic E-state index is 12.4. The highest BCUT2D eigenvalue weighted by Gasteiger charge is 2.28. The summed E-state index contributed by atoms with van der Waals surface area (Å²) in [6.07, 6.45) is 3.96. The monoisotopic (exact) mass is 383 g/mol. The number of fused-ring (bicyclic) bond motifs is 2. The van der Waals surface area contributed by atoms with E-state index >= 15 is 0 Å².